The highest BCUT2D eigenvalue weighted by Crippen LogP contribution is 2.34. The van der Waals surface area contributed by atoms with E-state index in [0.29, 0.717) is 17.8 Å². The van der Waals surface area contributed by atoms with Gasteiger partial charge in [0, 0.05) is 12.1 Å². The van der Waals surface area contributed by atoms with Crippen LogP contribution in [0.15, 0.2) is 36.4 Å². The molecule has 108 valence electrons. The van der Waals surface area contributed by atoms with Crippen LogP contribution in [0.3, 0.4) is 0 Å². The number of nitro benzene ring substituents is 1. The van der Waals surface area contributed by atoms with Gasteiger partial charge >= 0.3 is 0 Å². The van der Waals surface area contributed by atoms with E-state index in [1.165, 1.54) is 25.3 Å². The van der Waals surface area contributed by atoms with E-state index in [4.69, 9.17) is 9.47 Å². The van der Waals surface area contributed by atoms with Crippen LogP contribution in [0.2, 0.25) is 0 Å². The maximum Gasteiger partial charge on any atom is 0.270 e. The van der Waals surface area contributed by atoms with Crippen molar-refractivity contribution in [1.29, 1.82) is 0 Å². The first-order valence-corrected chi connectivity index (χ1v) is 6.11. The Morgan fingerprint density at radius 2 is 1.81 bits per heavy atom. The van der Waals surface area contributed by atoms with Crippen molar-refractivity contribution in [2.45, 2.75) is 6.92 Å². The molecule has 0 aliphatic carbocycles. The highest BCUT2D eigenvalue weighted by molar-refractivity contribution is 5.81. The van der Waals surface area contributed by atoms with Gasteiger partial charge in [0.25, 0.3) is 5.69 Å². The molecule has 0 aliphatic heterocycles. The highest BCUT2D eigenvalue weighted by Gasteiger charge is 2.13. The molecule has 6 nitrogen and oxygen atoms in total. The molecule has 21 heavy (non-hydrogen) atoms. The van der Waals surface area contributed by atoms with E-state index in [-0.39, 0.29) is 17.0 Å². The van der Waals surface area contributed by atoms with Gasteiger partial charge in [-0.15, -0.1) is 0 Å². The average molecular weight is 287 g/mol. The molecular formula is C15H13NO5. The minimum atomic E-state index is -0.566. The summed E-state index contributed by atoms with van der Waals surface area (Å²) < 4.78 is 10.8. The van der Waals surface area contributed by atoms with Crippen LogP contribution in [0, 0.1) is 17.0 Å². The Bertz CT molecular complexity index is 696. The third kappa shape index (κ3) is 3.17. The second kappa shape index (κ2) is 6.04. The first-order valence-electron chi connectivity index (χ1n) is 6.11. The zero-order chi connectivity index (χ0) is 15.4. The Labute approximate surface area is 121 Å². The van der Waals surface area contributed by atoms with Crippen molar-refractivity contribution in [3.05, 3.63) is 57.6 Å². The summed E-state index contributed by atoms with van der Waals surface area (Å²) in [6.07, 6.45) is 0.517. The number of carbonyl (C=O) groups excluding carboxylic acids is 1. The Morgan fingerprint density at radius 1 is 1.10 bits per heavy atom. The molecule has 0 aliphatic rings. The lowest BCUT2D eigenvalue weighted by Crippen LogP contribution is -1.96. The molecule has 0 saturated carbocycles. The van der Waals surface area contributed by atoms with Crippen LogP contribution in [0.5, 0.6) is 17.2 Å². The molecule has 0 heterocycles. The summed E-state index contributed by atoms with van der Waals surface area (Å²) in [6, 6.07) is 9.18. The molecule has 0 unspecified atom stereocenters. The predicted molar refractivity (Wildman–Crippen MR) is 76.3 cm³/mol. The lowest BCUT2D eigenvalue weighted by Gasteiger charge is -2.12. The van der Waals surface area contributed by atoms with E-state index in [1.54, 1.807) is 12.1 Å². The summed E-state index contributed by atoms with van der Waals surface area (Å²) in [7, 11) is 1.51. The SMILES string of the molecule is COc1cc(C)ccc1Oc1ccc([N+](=O)[O-])cc1C=O. The van der Waals surface area contributed by atoms with Crippen LogP contribution in [-0.2, 0) is 0 Å². The zero-order valence-electron chi connectivity index (χ0n) is 11.5. The second-order valence-electron chi connectivity index (χ2n) is 4.35. The number of carbonyl (C=O) groups is 1. The van der Waals surface area contributed by atoms with Crippen LogP contribution in [-0.4, -0.2) is 18.3 Å². The fourth-order valence-electron chi connectivity index (χ4n) is 1.81. The molecule has 0 bridgehead atoms. The lowest BCUT2D eigenvalue weighted by molar-refractivity contribution is -0.384. The fraction of sp³-hybridized carbons (Fsp3) is 0.133. The quantitative estimate of drug-likeness (QED) is 0.477. The van der Waals surface area contributed by atoms with Crippen molar-refractivity contribution in [3.63, 3.8) is 0 Å². The van der Waals surface area contributed by atoms with Gasteiger partial charge in [-0.2, -0.15) is 0 Å². The fourth-order valence-corrected chi connectivity index (χ4v) is 1.81. The number of ether oxygens (including phenoxy) is 2. The maximum atomic E-state index is 11.1. The summed E-state index contributed by atoms with van der Waals surface area (Å²) >= 11 is 0. The molecule has 6 heteroatoms. The Kier molecular flexibility index (Phi) is 4.18. The number of aldehydes is 1. The monoisotopic (exact) mass is 287 g/mol. The van der Waals surface area contributed by atoms with Crippen LogP contribution in [0.4, 0.5) is 5.69 Å². The Morgan fingerprint density at radius 3 is 2.43 bits per heavy atom. The van der Waals surface area contributed by atoms with Crippen LogP contribution in [0.1, 0.15) is 15.9 Å². The van der Waals surface area contributed by atoms with Gasteiger partial charge in [-0.1, -0.05) is 6.07 Å². The average Bonchev–Trinajstić information content (AvgIpc) is 2.49. The third-order valence-corrected chi connectivity index (χ3v) is 2.87. The van der Waals surface area contributed by atoms with Crippen molar-refractivity contribution in [2.75, 3.05) is 7.11 Å². The van der Waals surface area contributed by atoms with Crippen LogP contribution < -0.4 is 9.47 Å². The summed E-state index contributed by atoms with van der Waals surface area (Å²) in [4.78, 5) is 21.2. The molecule has 2 aromatic carbocycles. The number of methoxy groups -OCH3 is 1. The van der Waals surface area contributed by atoms with Crippen molar-refractivity contribution in [1.82, 2.24) is 0 Å². The maximum absolute atomic E-state index is 11.1. The Balaban J connectivity index is 2.40. The van der Waals surface area contributed by atoms with Crippen molar-refractivity contribution in [3.8, 4) is 17.2 Å². The largest absolute Gasteiger partial charge is 0.493 e. The minimum absolute atomic E-state index is 0.104. The molecule has 0 radical (unpaired) electrons. The molecule has 0 spiro atoms. The number of non-ortho nitro benzene ring substituents is 1. The third-order valence-electron chi connectivity index (χ3n) is 2.87. The van der Waals surface area contributed by atoms with E-state index in [1.807, 2.05) is 13.0 Å². The van der Waals surface area contributed by atoms with Gasteiger partial charge < -0.3 is 9.47 Å². The number of hydrogen-bond donors (Lipinski definition) is 0. The summed E-state index contributed by atoms with van der Waals surface area (Å²) in [5, 5.41) is 10.7. The van der Waals surface area contributed by atoms with Crippen molar-refractivity contribution >= 4 is 12.0 Å². The number of rotatable bonds is 5. The molecular weight excluding hydrogens is 274 g/mol. The number of aryl methyl sites for hydroxylation is 1. The van der Waals surface area contributed by atoms with Gasteiger partial charge in [-0.3, -0.25) is 14.9 Å². The zero-order valence-corrected chi connectivity index (χ0v) is 11.5. The number of hydrogen-bond acceptors (Lipinski definition) is 5. The molecule has 0 saturated heterocycles. The van der Waals surface area contributed by atoms with Gasteiger partial charge in [0.2, 0.25) is 0 Å². The Hall–Kier alpha value is -2.89. The van der Waals surface area contributed by atoms with Gasteiger partial charge in [-0.05, 0) is 30.7 Å². The van der Waals surface area contributed by atoms with Crippen molar-refractivity contribution < 1.29 is 19.2 Å². The van der Waals surface area contributed by atoms with E-state index < -0.39 is 4.92 Å². The number of benzene rings is 2. The van der Waals surface area contributed by atoms with E-state index in [2.05, 4.69) is 0 Å². The predicted octanol–water partition coefficient (Wildman–Crippen LogP) is 3.52. The molecule has 2 aromatic rings. The highest BCUT2D eigenvalue weighted by atomic mass is 16.6. The molecule has 0 atom stereocenters. The number of nitro groups is 1. The first-order chi connectivity index (χ1) is 10.0. The van der Waals surface area contributed by atoms with Crippen LogP contribution >= 0.6 is 0 Å². The summed E-state index contributed by atoms with van der Waals surface area (Å²) in [5.74, 6) is 1.18. The van der Waals surface area contributed by atoms with Gasteiger partial charge in [0.1, 0.15) is 5.75 Å². The summed E-state index contributed by atoms with van der Waals surface area (Å²) in [6.45, 7) is 1.91. The van der Waals surface area contributed by atoms with Crippen molar-refractivity contribution in [2.24, 2.45) is 0 Å². The molecule has 0 fully saturated rings. The standard InChI is InChI=1S/C15H13NO5/c1-10-3-5-14(15(7-10)20-2)21-13-6-4-12(16(18)19)8-11(13)9-17/h3-9H,1-2H3. The first kappa shape index (κ1) is 14.5. The summed E-state index contributed by atoms with van der Waals surface area (Å²) in [5.41, 5.74) is 0.936. The van der Waals surface area contributed by atoms with Crippen LogP contribution in [0.25, 0.3) is 0 Å². The molecule has 0 aromatic heterocycles. The second-order valence-corrected chi connectivity index (χ2v) is 4.35. The van der Waals surface area contributed by atoms with E-state index in [9.17, 15) is 14.9 Å². The topological polar surface area (TPSA) is 78.7 Å². The van der Waals surface area contributed by atoms with Gasteiger partial charge in [0.05, 0.1) is 17.6 Å². The molecule has 0 amide bonds. The molecule has 0 N–H and O–H groups in total. The van der Waals surface area contributed by atoms with E-state index >= 15 is 0 Å². The minimum Gasteiger partial charge on any atom is -0.493 e. The van der Waals surface area contributed by atoms with Gasteiger partial charge in [-0.25, -0.2) is 0 Å². The van der Waals surface area contributed by atoms with E-state index in [0.717, 1.165) is 5.56 Å². The normalized spacial score (nSPS) is 10.0. The smallest absolute Gasteiger partial charge is 0.270 e. The number of nitrogens with zero attached hydrogens (tertiary/aromatic N) is 1. The van der Waals surface area contributed by atoms with Gasteiger partial charge in [0.15, 0.2) is 17.8 Å². The lowest BCUT2D eigenvalue weighted by atomic mass is 10.2. The molecule has 2 rings (SSSR count).